The van der Waals surface area contributed by atoms with Gasteiger partial charge >= 0.3 is 0 Å². The standard InChI is InChI=1S/C22H30O3/c1-13(23)22-20(3)10-8-17-16(18(20)12-21(22,4)25-22)6-5-14-11-15(24)7-9-19(14,17)2/h11,16-18H,5-10,12H2,1-4H3/t16-,17-,18+,19+,20+,21-,22+/m1/s1. The minimum Gasteiger partial charge on any atom is -0.354 e. The lowest BCUT2D eigenvalue weighted by Gasteiger charge is -2.58. The van der Waals surface area contributed by atoms with Crippen molar-refractivity contribution in [2.24, 2.45) is 28.6 Å². The largest absolute Gasteiger partial charge is 0.354 e. The Balaban J connectivity index is 1.54. The fourth-order valence-electron chi connectivity index (χ4n) is 8.18. The Labute approximate surface area is 150 Å². The van der Waals surface area contributed by atoms with Gasteiger partial charge in [-0.25, -0.2) is 0 Å². The van der Waals surface area contributed by atoms with E-state index in [1.54, 1.807) is 6.92 Å². The molecule has 1 aliphatic heterocycles. The first-order valence-corrected chi connectivity index (χ1v) is 10.1. The van der Waals surface area contributed by atoms with Crippen molar-refractivity contribution in [1.82, 2.24) is 0 Å². The highest BCUT2D eigenvalue weighted by Crippen LogP contribution is 2.77. The zero-order chi connectivity index (χ0) is 17.8. The van der Waals surface area contributed by atoms with Crippen LogP contribution in [0.2, 0.25) is 0 Å². The molecule has 0 radical (unpaired) electrons. The summed E-state index contributed by atoms with van der Waals surface area (Å²) in [7, 11) is 0. The number of allylic oxidation sites excluding steroid dienone is 1. The molecule has 0 aromatic rings. The molecule has 0 spiro atoms. The van der Waals surface area contributed by atoms with Crippen molar-refractivity contribution in [3.8, 4) is 0 Å². The van der Waals surface area contributed by atoms with Gasteiger partial charge in [-0.05, 0) is 81.6 Å². The van der Waals surface area contributed by atoms with Crippen LogP contribution >= 0.6 is 0 Å². The lowest BCUT2D eigenvalue weighted by Crippen LogP contribution is -2.54. The van der Waals surface area contributed by atoms with E-state index in [4.69, 9.17) is 4.74 Å². The second kappa shape index (κ2) is 4.47. The molecule has 3 heteroatoms. The molecule has 4 aliphatic carbocycles. The van der Waals surface area contributed by atoms with E-state index in [-0.39, 0.29) is 22.2 Å². The summed E-state index contributed by atoms with van der Waals surface area (Å²) >= 11 is 0. The molecule has 0 amide bonds. The van der Waals surface area contributed by atoms with Crippen LogP contribution in [-0.4, -0.2) is 22.8 Å². The van der Waals surface area contributed by atoms with Crippen LogP contribution in [0.5, 0.6) is 0 Å². The van der Waals surface area contributed by atoms with Crippen molar-refractivity contribution in [3.05, 3.63) is 11.6 Å². The predicted molar refractivity (Wildman–Crippen MR) is 95.0 cm³/mol. The minimum absolute atomic E-state index is 0.00316. The summed E-state index contributed by atoms with van der Waals surface area (Å²) < 4.78 is 6.18. The van der Waals surface area contributed by atoms with Crippen LogP contribution in [-0.2, 0) is 14.3 Å². The third-order valence-electron chi connectivity index (χ3n) is 9.34. The summed E-state index contributed by atoms with van der Waals surface area (Å²) in [5, 5.41) is 0. The lowest BCUT2D eigenvalue weighted by atomic mass is 9.46. The molecule has 0 N–H and O–H groups in total. The summed E-state index contributed by atoms with van der Waals surface area (Å²) in [6.45, 7) is 8.66. The third kappa shape index (κ3) is 1.63. The van der Waals surface area contributed by atoms with Gasteiger partial charge < -0.3 is 4.74 Å². The van der Waals surface area contributed by atoms with Gasteiger partial charge in [0.25, 0.3) is 0 Å². The van der Waals surface area contributed by atoms with Crippen LogP contribution in [0, 0.1) is 28.6 Å². The normalized spacial score (nSPS) is 56.2. The van der Waals surface area contributed by atoms with E-state index >= 15 is 0 Å². The molecule has 1 heterocycles. The van der Waals surface area contributed by atoms with Crippen LogP contribution in [0.3, 0.4) is 0 Å². The number of hydrogen-bond donors (Lipinski definition) is 0. The zero-order valence-corrected chi connectivity index (χ0v) is 16.0. The molecule has 0 bridgehead atoms. The molecule has 3 nitrogen and oxygen atoms in total. The number of Topliss-reactive ketones (excluding diaryl/α,β-unsaturated/α-hetero) is 1. The van der Waals surface area contributed by atoms with Crippen molar-refractivity contribution < 1.29 is 14.3 Å². The van der Waals surface area contributed by atoms with Crippen molar-refractivity contribution in [1.29, 1.82) is 0 Å². The summed E-state index contributed by atoms with van der Waals surface area (Å²) in [6.07, 6.45) is 9.26. The van der Waals surface area contributed by atoms with E-state index in [2.05, 4.69) is 20.8 Å². The summed E-state index contributed by atoms with van der Waals surface area (Å²) in [4.78, 5) is 24.5. The molecule has 5 aliphatic rings. The monoisotopic (exact) mass is 342 g/mol. The Morgan fingerprint density at radius 3 is 2.60 bits per heavy atom. The third-order valence-corrected chi connectivity index (χ3v) is 9.34. The van der Waals surface area contributed by atoms with E-state index in [0.717, 1.165) is 25.7 Å². The van der Waals surface area contributed by atoms with Gasteiger partial charge in [0.05, 0.1) is 0 Å². The van der Waals surface area contributed by atoms with E-state index in [1.807, 2.05) is 6.08 Å². The maximum absolute atomic E-state index is 12.6. The first-order valence-electron chi connectivity index (χ1n) is 10.1. The first kappa shape index (κ1) is 16.2. The topological polar surface area (TPSA) is 46.7 Å². The van der Waals surface area contributed by atoms with Gasteiger partial charge in [0, 0.05) is 11.8 Å². The van der Waals surface area contributed by atoms with Crippen LogP contribution in [0.4, 0.5) is 0 Å². The Morgan fingerprint density at radius 2 is 1.88 bits per heavy atom. The maximum atomic E-state index is 12.6. The molecule has 0 aromatic heterocycles. The first-order chi connectivity index (χ1) is 11.7. The average Bonchev–Trinajstić information content (AvgIpc) is 3.13. The van der Waals surface area contributed by atoms with E-state index in [9.17, 15) is 9.59 Å². The van der Waals surface area contributed by atoms with Gasteiger partial charge in [-0.3, -0.25) is 9.59 Å². The molecule has 0 aromatic carbocycles. The van der Waals surface area contributed by atoms with Gasteiger partial charge in [-0.15, -0.1) is 0 Å². The molecule has 7 atom stereocenters. The number of carbonyl (C=O) groups excluding carboxylic acids is 2. The highest BCUT2D eigenvalue weighted by molar-refractivity contribution is 5.92. The molecule has 3 saturated carbocycles. The number of fused-ring (bicyclic) bond motifs is 7. The number of ether oxygens (including phenoxy) is 1. The maximum Gasteiger partial charge on any atom is 0.165 e. The SMILES string of the molecule is CC(=O)[C@@]12O[C@]1(C)C[C@H]1[C@@H]3CCC4=CC(=O)CC[C@]4(C)[C@@H]3CC[C@@]12C. The molecule has 0 unspecified atom stereocenters. The molecule has 136 valence electrons. The Kier molecular flexibility index (Phi) is 2.90. The Morgan fingerprint density at radius 1 is 1.12 bits per heavy atom. The number of hydrogen-bond acceptors (Lipinski definition) is 3. The second-order valence-electron chi connectivity index (χ2n) is 10.2. The molecular formula is C22H30O3. The van der Waals surface area contributed by atoms with Crippen LogP contribution in [0.15, 0.2) is 11.6 Å². The predicted octanol–water partition coefficient (Wildman–Crippen LogP) is 4.24. The fraction of sp³-hybridized carbons (Fsp3) is 0.818. The highest BCUT2D eigenvalue weighted by Gasteiger charge is 2.85. The van der Waals surface area contributed by atoms with Crippen LogP contribution < -0.4 is 0 Å². The van der Waals surface area contributed by atoms with E-state index in [0.29, 0.717) is 30.0 Å². The number of rotatable bonds is 1. The molecule has 4 fully saturated rings. The quantitative estimate of drug-likeness (QED) is 0.670. The van der Waals surface area contributed by atoms with Gasteiger partial charge in [-0.2, -0.15) is 0 Å². The fourth-order valence-corrected chi connectivity index (χ4v) is 8.18. The summed E-state index contributed by atoms with van der Waals surface area (Å²) in [5.41, 5.74) is 0.870. The smallest absolute Gasteiger partial charge is 0.165 e. The number of ketones is 2. The van der Waals surface area contributed by atoms with Crippen molar-refractivity contribution in [2.45, 2.75) is 83.8 Å². The summed E-state index contributed by atoms with van der Waals surface area (Å²) in [5.74, 6) is 2.50. The minimum atomic E-state index is -0.519. The van der Waals surface area contributed by atoms with Crippen molar-refractivity contribution in [2.75, 3.05) is 0 Å². The van der Waals surface area contributed by atoms with Crippen molar-refractivity contribution >= 4 is 11.6 Å². The van der Waals surface area contributed by atoms with Crippen molar-refractivity contribution in [3.63, 3.8) is 0 Å². The van der Waals surface area contributed by atoms with Crippen LogP contribution in [0.25, 0.3) is 0 Å². The average molecular weight is 342 g/mol. The Hall–Kier alpha value is -0.960. The van der Waals surface area contributed by atoms with E-state index in [1.165, 1.54) is 18.4 Å². The zero-order valence-electron chi connectivity index (χ0n) is 16.0. The number of carbonyl (C=O) groups is 2. The number of epoxide rings is 1. The van der Waals surface area contributed by atoms with Gasteiger partial charge in [0.1, 0.15) is 5.60 Å². The van der Waals surface area contributed by atoms with Crippen LogP contribution in [0.1, 0.15) is 72.6 Å². The molecule has 25 heavy (non-hydrogen) atoms. The van der Waals surface area contributed by atoms with Gasteiger partial charge in [0.2, 0.25) is 0 Å². The lowest BCUT2D eigenvalue weighted by molar-refractivity contribution is -0.137. The Bertz CT molecular complexity index is 723. The molecular weight excluding hydrogens is 312 g/mol. The highest BCUT2D eigenvalue weighted by atomic mass is 16.6. The van der Waals surface area contributed by atoms with Gasteiger partial charge in [0.15, 0.2) is 17.2 Å². The molecule has 1 saturated heterocycles. The summed E-state index contributed by atoms with van der Waals surface area (Å²) in [6, 6.07) is 0. The van der Waals surface area contributed by atoms with E-state index < -0.39 is 5.60 Å². The van der Waals surface area contributed by atoms with Gasteiger partial charge in [-0.1, -0.05) is 19.4 Å². The second-order valence-corrected chi connectivity index (χ2v) is 10.2. The molecule has 5 rings (SSSR count).